The summed E-state index contributed by atoms with van der Waals surface area (Å²) >= 11 is 0. The Morgan fingerprint density at radius 1 is 1.40 bits per heavy atom. The van der Waals surface area contributed by atoms with E-state index in [4.69, 9.17) is 4.74 Å². The lowest BCUT2D eigenvalue weighted by Gasteiger charge is -2.16. The van der Waals surface area contributed by atoms with E-state index in [0.717, 1.165) is 37.4 Å². The van der Waals surface area contributed by atoms with Crippen LogP contribution in [0.1, 0.15) is 23.4 Å². The number of fused-ring (bicyclic) bond motifs is 1. The molecular formula is C16H21N3O. The van der Waals surface area contributed by atoms with E-state index in [1.54, 1.807) is 0 Å². The Labute approximate surface area is 119 Å². The van der Waals surface area contributed by atoms with Gasteiger partial charge in [-0.2, -0.15) is 5.10 Å². The van der Waals surface area contributed by atoms with Crippen LogP contribution in [0.25, 0.3) is 0 Å². The number of aromatic nitrogens is 2. The van der Waals surface area contributed by atoms with Crippen LogP contribution in [0, 0.1) is 6.92 Å². The molecule has 1 aromatic heterocycles. The van der Waals surface area contributed by atoms with E-state index < -0.39 is 0 Å². The molecule has 0 amide bonds. The topological polar surface area (TPSA) is 39.1 Å². The lowest BCUT2D eigenvalue weighted by molar-refractivity contribution is 0.266. The zero-order chi connectivity index (χ0) is 13.9. The molecule has 0 saturated heterocycles. The van der Waals surface area contributed by atoms with Crippen LogP contribution in [-0.4, -0.2) is 22.4 Å². The van der Waals surface area contributed by atoms with Gasteiger partial charge in [-0.3, -0.25) is 4.68 Å². The van der Waals surface area contributed by atoms with E-state index in [1.165, 1.54) is 11.3 Å². The van der Waals surface area contributed by atoms with Crippen molar-refractivity contribution in [1.82, 2.24) is 15.1 Å². The van der Waals surface area contributed by atoms with Crippen molar-refractivity contribution in [1.29, 1.82) is 0 Å². The quantitative estimate of drug-likeness (QED) is 0.930. The second-order valence-electron chi connectivity index (χ2n) is 5.44. The van der Waals surface area contributed by atoms with Crippen LogP contribution in [0.15, 0.2) is 30.3 Å². The Morgan fingerprint density at radius 2 is 2.25 bits per heavy atom. The number of para-hydroxylation sites is 1. The van der Waals surface area contributed by atoms with Crippen LogP contribution in [0.2, 0.25) is 0 Å². The van der Waals surface area contributed by atoms with Gasteiger partial charge < -0.3 is 10.1 Å². The molecule has 4 nitrogen and oxygen atoms in total. The lowest BCUT2D eigenvalue weighted by atomic mass is 10.1. The fourth-order valence-electron chi connectivity index (χ4n) is 2.69. The summed E-state index contributed by atoms with van der Waals surface area (Å²) in [5, 5.41) is 7.95. The molecular weight excluding hydrogens is 250 g/mol. The maximum absolute atomic E-state index is 5.90. The van der Waals surface area contributed by atoms with Gasteiger partial charge in [-0.25, -0.2) is 0 Å². The average Bonchev–Trinajstić information content (AvgIpc) is 2.65. The Bertz CT molecular complexity index is 564. The number of benzene rings is 1. The molecule has 0 spiro atoms. The van der Waals surface area contributed by atoms with Crippen molar-refractivity contribution in [3.8, 4) is 5.75 Å². The Hall–Kier alpha value is -1.81. The Balaban J connectivity index is 1.59. The van der Waals surface area contributed by atoms with E-state index in [-0.39, 0.29) is 0 Å². The molecule has 1 aliphatic heterocycles. The third-order valence-corrected chi connectivity index (χ3v) is 3.85. The maximum atomic E-state index is 5.90. The van der Waals surface area contributed by atoms with Crippen LogP contribution < -0.4 is 10.1 Å². The number of rotatable bonds is 3. The predicted octanol–water partition coefficient (Wildman–Crippen LogP) is 2.21. The Morgan fingerprint density at radius 3 is 3.05 bits per heavy atom. The number of ether oxygens (including phenoxy) is 1. The minimum absolute atomic E-state index is 0.387. The summed E-state index contributed by atoms with van der Waals surface area (Å²) < 4.78 is 7.84. The van der Waals surface area contributed by atoms with Crippen LogP contribution in [0.4, 0.5) is 0 Å². The van der Waals surface area contributed by atoms with E-state index in [9.17, 15) is 0 Å². The van der Waals surface area contributed by atoms with E-state index >= 15 is 0 Å². The number of nitrogens with one attached hydrogen (secondary N) is 1. The molecule has 0 bridgehead atoms. The first-order chi connectivity index (χ1) is 9.72. The first kappa shape index (κ1) is 13.2. The molecule has 20 heavy (non-hydrogen) atoms. The first-order valence-electron chi connectivity index (χ1n) is 7.16. The van der Waals surface area contributed by atoms with Crippen molar-refractivity contribution < 1.29 is 4.74 Å². The highest BCUT2D eigenvalue weighted by atomic mass is 16.5. The molecule has 0 aliphatic carbocycles. The Kier molecular flexibility index (Phi) is 3.74. The summed E-state index contributed by atoms with van der Waals surface area (Å²) in [6, 6.07) is 10.8. The van der Waals surface area contributed by atoms with Gasteiger partial charge in [0, 0.05) is 19.6 Å². The van der Waals surface area contributed by atoms with Gasteiger partial charge >= 0.3 is 0 Å². The zero-order valence-electron chi connectivity index (χ0n) is 12.1. The zero-order valence-corrected chi connectivity index (χ0v) is 12.1. The molecule has 4 heteroatoms. The SMILES string of the molecule is Cc1cc(CNC2CCc3ccccc3OC2)n(C)n1. The fourth-order valence-corrected chi connectivity index (χ4v) is 2.69. The van der Waals surface area contributed by atoms with Crippen molar-refractivity contribution >= 4 is 0 Å². The van der Waals surface area contributed by atoms with Gasteiger partial charge in [0.2, 0.25) is 0 Å². The summed E-state index contributed by atoms with van der Waals surface area (Å²) in [5.74, 6) is 1.04. The van der Waals surface area contributed by atoms with Gasteiger partial charge in [0.1, 0.15) is 12.4 Å². The largest absolute Gasteiger partial charge is 0.492 e. The van der Waals surface area contributed by atoms with Gasteiger partial charge in [-0.1, -0.05) is 18.2 Å². The third kappa shape index (κ3) is 2.85. The van der Waals surface area contributed by atoms with Gasteiger partial charge in [-0.15, -0.1) is 0 Å². The highest BCUT2D eigenvalue weighted by molar-refractivity contribution is 5.34. The summed E-state index contributed by atoms with van der Waals surface area (Å²) in [5.41, 5.74) is 3.59. The van der Waals surface area contributed by atoms with Gasteiger partial charge in [0.25, 0.3) is 0 Å². The third-order valence-electron chi connectivity index (χ3n) is 3.85. The van der Waals surface area contributed by atoms with E-state index in [1.807, 2.05) is 24.7 Å². The highest BCUT2D eigenvalue weighted by Gasteiger charge is 2.16. The standard InChI is InChI=1S/C16H21N3O/c1-12-9-15(19(2)18-12)10-17-14-8-7-13-5-3-4-6-16(13)20-11-14/h3-6,9,14,17H,7-8,10-11H2,1-2H3. The minimum Gasteiger partial charge on any atom is -0.492 e. The number of aryl methyl sites for hydroxylation is 3. The van der Waals surface area contributed by atoms with Crippen LogP contribution >= 0.6 is 0 Å². The molecule has 1 aromatic carbocycles. The molecule has 1 aliphatic rings. The number of hydrogen-bond donors (Lipinski definition) is 1. The average molecular weight is 271 g/mol. The van der Waals surface area contributed by atoms with Gasteiger partial charge in [0.15, 0.2) is 0 Å². The summed E-state index contributed by atoms with van der Waals surface area (Å²) in [7, 11) is 1.99. The molecule has 2 aromatic rings. The van der Waals surface area contributed by atoms with Crippen LogP contribution in [0.5, 0.6) is 5.75 Å². The second kappa shape index (κ2) is 5.67. The summed E-state index contributed by atoms with van der Waals surface area (Å²) in [6.07, 6.45) is 2.17. The molecule has 1 N–H and O–H groups in total. The van der Waals surface area contributed by atoms with Crippen molar-refractivity contribution in [2.75, 3.05) is 6.61 Å². The van der Waals surface area contributed by atoms with Crippen molar-refractivity contribution in [2.45, 2.75) is 32.4 Å². The smallest absolute Gasteiger partial charge is 0.122 e. The van der Waals surface area contributed by atoms with Crippen LogP contribution in [0.3, 0.4) is 0 Å². The molecule has 2 heterocycles. The summed E-state index contributed by atoms with van der Waals surface area (Å²) in [4.78, 5) is 0. The number of hydrogen-bond acceptors (Lipinski definition) is 3. The normalized spacial score (nSPS) is 18.2. The maximum Gasteiger partial charge on any atom is 0.122 e. The van der Waals surface area contributed by atoms with Crippen molar-refractivity contribution in [3.05, 3.63) is 47.3 Å². The highest BCUT2D eigenvalue weighted by Crippen LogP contribution is 2.23. The van der Waals surface area contributed by atoms with E-state index in [2.05, 4.69) is 34.7 Å². The molecule has 0 radical (unpaired) electrons. The van der Waals surface area contributed by atoms with Crippen molar-refractivity contribution in [3.63, 3.8) is 0 Å². The van der Waals surface area contributed by atoms with Crippen LogP contribution in [-0.2, 0) is 20.0 Å². The van der Waals surface area contributed by atoms with E-state index in [0.29, 0.717) is 6.04 Å². The molecule has 1 atom stereocenters. The minimum atomic E-state index is 0.387. The van der Waals surface area contributed by atoms with Gasteiger partial charge in [-0.05, 0) is 37.5 Å². The molecule has 106 valence electrons. The lowest BCUT2D eigenvalue weighted by Crippen LogP contribution is -2.34. The first-order valence-corrected chi connectivity index (χ1v) is 7.16. The monoisotopic (exact) mass is 271 g/mol. The fraction of sp³-hybridized carbons (Fsp3) is 0.438. The van der Waals surface area contributed by atoms with Crippen molar-refractivity contribution in [2.24, 2.45) is 7.05 Å². The second-order valence-corrected chi connectivity index (χ2v) is 5.44. The van der Waals surface area contributed by atoms with Gasteiger partial charge in [0.05, 0.1) is 11.4 Å². The number of nitrogens with zero attached hydrogens (tertiary/aromatic N) is 2. The molecule has 1 unspecified atom stereocenters. The molecule has 0 fully saturated rings. The molecule has 0 saturated carbocycles. The summed E-state index contributed by atoms with van der Waals surface area (Å²) in [6.45, 7) is 3.59. The predicted molar refractivity (Wildman–Crippen MR) is 78.8 cm³/mol. The molecule has 3 rings (SSSR count).